The Hall–Kier alpha value is -2.95. The maximum absolute atomic E-state index is 13.7. The number of hydrogen-bond acceptors (Lipinski definition) is 2. The Morgan fingerprint density at radius 1 is 1.13 bits per heavy atom. The fourth-order valence-electron chi connectivity index (χ4n) is 2.95. The van der Waals surface area contributed by atoms with Gasteiger partial charge in [-0.15, -0.1) is 0 Å². The van der Waals surface area contributed by atoms with Gasteiger partial charge in [-0.05, 0) is 23.8 Å². The molecule has 114 valence electrons. The molecule has 0 N–H and O–H groups in total. The van der Waals surface area contributed by atoms with Crippen LogP contribution in [-0.2, 0) is 13.6 Å². The molecule has 0 aliphatic rings. The van der Waals surface area contributed by atoms with Gasteiger partial charge in [-0.3, -0.25) is 4.79 Å². The molecule has 0 aliphatic carbocycles. The second-order valence-corrected chi connectivity index (χ2v) is 5.59. The van der Waals surface area contributed by atoms with Crippen LogP contribution in [0.25, 0.3) is 21.9 Å². The molecule has 0 atom stereocenters. The summed E-state index contributed by atoms with van der Waals surface area (Å²) in [6, 6.07) is 14.4. The van der Waals surface area contributed by atoms with Crippen molar-refractivity contribution in [2.45, 2.75) is 6.54 Å². The lowest BCUT2D eigenvalue weighted by Crippen LogP contribution is -2.19. The van der Waals surface area contributed by atoms with Crippen LogP contribution in [0.3, 0.4) is 0 Å². The first-order valence-electron chi connectivity index (χ1n) is 7.32. The largest absolute Gasteiger partial charge is 0.330 e. The Morgan fingerprint density at radius 3 is 2.70 bits per heavy atom. The van der Waals surface area contributed by atoms with E-state index in [1.54, 1.807) is 13.1 Å². The molecule has 0 saturated carbocycles. The van der Waals surface area contributed by atoms with Crippen LogP contribution in [0.2, 0.25) is 0 Å². The highest BCUT2D eigenvalue weighted by Crippen LogP contribution is 2.27. The van der Waals surface area contributed by atoms with E-state index in [4.69, 9.17) is 0 Å². The summed E-state index contributed by atoms with van der Waals surface area (Å²) in [6.45, 7) is 0.535. The molecule has 0 radical (unpaired) electrons. The number of aryl methyl sites for hydroxylation is 1. The Labute approximate surface area is 131 Å². The number of benzene rings is 2. The van der Waals surface area contributed by atoms with Gasteiger partial charge in [0.25, 0.3) is 5.56 Å². The van der Waals surface area contributed by atoms with Gasteiger partial charge in [0, 0.05) is 19.0 Å². The Balaban J connectivity index is 2.10. The van der Waals surface area contributed by atoms with Crippen LogP contribution < -0.4 is 5.56 Å². The predicted molar refractivity (Wildman–Crippen MR) is 88.0 cm³/mol. The summed E-state index contributed by atoms with van der Waals surface area (Å²) in [5.74, 6) is -0.335. The predicted octanol–water partition coefficient (Wildman–Crippen LogP) is 3.08. The molecule has 0 fully saturated rings. The molecule has 0 amide bonds. The van der Waals surface area contributed by atoms with Crippen molar-refractivity contribution in [3.63, 3.8) is 0 Å². The van der Waals surface area contributed by atoms with Crippen LogP contribution in [0.5, 0.6) is 0 Å². The quantitative estimate of drug-likeness (QED) is 0.571. The molecule has 0 spiro atoms. The highest BCUT2D eigenvalue weighted by Gasteiger charge is 2.16. The van der Waals surface area contributed by atoms with E-state index in [0.29, 0.717) is 23.0 Å². The molecule has 4 nitrogen and oxygen atoms in total. The van der Waals surface area contributed by atoms with Crippen LogP contribution >= 0.6 is 0 Å². The minimum Gasteiger partial charge on any atom is -0.330 e. The van der Waals surface area contributed by atoms with Crippen molar-refractivity contribution in [1.29, 1.82) is 0 Å². The van der Waals surface area contributed by atoms with Gasteiger partial charge in [0.05, 0.1) is 11.8 Å². The first kappa shape index (κ1) is 13.7. The van der Waals surface area contributed by atoms with Crippen molar-refractivity contribution in [3.05, 3.63) is 76.6 Å². The van der Waals surface area contributed by atoms with Crippen molar-refractivity contribution in [2.24, 2.45) is 7.05 Å². The van der Waals surface area contributed by atoms with Gasteiger partial charge in [-0.25, -0.2) is 9.37 Å². The lowest BCUT2D eigenvalue weighted by Gasteiger charge is -2.07. The average Bonchev–Trinajstić information content (AvgIpc) is 2.86. The molecule has 2 aromatic carbocycles. The summed E-state index contributed by atoms with van der Waals surface area (Å²) in [4.78, 5) is 17.0. The molecule has 4 aromatic rings. The van der Waals surface area contributed by atoms with Gasteiger partial charge in [0.2, 0.25) is 0 Å². The zero-order valence-corrected chi connectivity index (χ0v) is 12.5. The van der Waals surface area contributed by atoms with E-state index < -0.39 is 0 Å². The molecule has 4 rings (SSSR count). The number of aromatic nitrogens is 3. The zero-order valence-electron chi connectivity index (χ0n) is 12.5. The van der Waals surface area contributed by atoms with E-state index in [-0.39, 0.29) is 11.4 Å². The highest BCUT2D eigenvalue weighted by molar-refractivity contribution is 6.05. The zero-order chi connectivity index (χ0) is 16.0. The molecule has 23 heavy (non-hydrogen) atoms. The first-order valence-corrected chi connectivity index (χ1v) is 7.32. The number of halogens is 1. The number of hydrogen-bond donors (Lipinski definition) is 0. The highest BCUT2D eigenvalue weighted by atomic mass is 19.1. The van der Waals surface area contributed by atoms with Crippen LogP contribution in [0.1, 0.15) is 5.56 Å². The smallest absolute Gasteiger partial charge is 0.277 e. The summed E-state index contributed by atoms with van der Waals surface area (Å²) in [5.41, 5.74) is 2.78. The third-order valence-corrected chi connectivity index (χ3v) is 4.07. The van der Waals surface area contributed by atoms with Crippen LogP contribution in [-0.4, -0.2) is 14.1 Å². The van der Waals surface area contributed by atoms with E-state index in [2.05, 4.69) is 4.98 Å². The number of fused-ring (bicyclic) bond motifs is 3. The second-order valence-electron chi connectivity index (χ2n) is 5.59. The monoisotopic (exact) mass is 307 g/mol. The van der Waals surface area contributed by atoms with E-state index in [9.17, 15) is 9.18 Å². The van der Waals surface area contributed by atoms with E-state index in [1.807, 2.05) is 34.9 Å². The van der Waals surface area contributed by atoms with Gasteiger partial charge >= 0.3 is 0 Å². The molecule has 0 bridgehead atoms. The van der Waals surface area contributed by atoms with E-state index in [1.165, 1.54) is 23.0 Å². The lowest BCUT2D eigenvalue weighted by atomic mass is 10.2. The van der Waals surface area contributed by atoms with Crippen molar-refractivity contribution in [1.82, 2.24) is 14.1 Å². The third kappa shape index (κ3) is 2.12. The number of rotatable bonds is 2. The number of nitrogens with zero attached hydrogens (tertiary/aromatic N) is 3. The van der Waals surface area contributed by atoms with Crippen molar-refractivity contribution in [3.8, 4) is 0 Å². The fraction of sp³-hybridized carbons (Fsp3) is 0.111. The maximum Gasteiger partial charge on any atom is 0.277 e. The Kier molecular flexibility index (Phi) is 3.01. The molecule has 2 aromatic heterocycles. The van der Waals surface area contributed by atoms with Crippen molar-refractivity contribution >= 4 is 21.9 Å². The van der Waals surface area contributed by atoms with E-state index >= 15 is 0 Å². The minimum absolute atomic E-state index is 0.137. The molecule has 0 saturated heterocycles. The SMILES string of the molecule is Cn1cnc2c3cc(F)ccc3n(Cc3ccccc3)c2c1=O. The molecular formula is C18H14FN3O. The standard InChI is InChI=1S/C18H14FN3O/c1-21-11-20-16-14-9-13(19)7-8-15(14)22(17(16)18(21)23)10-12-5-3-2-4-6-12/h2-9,11H,10H2,1H3. The van der Waals surface area contributed by atoms with Gasteiger partial charge in [0.1, 0.15) is 16.9 Å². The average molecular weight is 307 g/mol. The van der Waals surface area contributed by atoms with Crippen LogP contribution in [0.4, 0.5) is 4.39 Å². The van der Waals surface area contributed by atoms with Crippen LogP contribution in [0, 0.1) is 5.82 Å². The fourth-order valence-corrected chi connectivity index (χ4v) is 2.95. The van der Waals surface area contributed by atoms with E-state index in [0.717, 1.165) is 11.1 Å². The molecule has 0 unspecified atom stereocenters. The molecule has 2 heterocycles. The normalized spacial score (nSPS) is 11.4. The Bertz CT molecular complexity index is 1080. The minimum atomic E-state index is -0.335. The first-order chi connectivity index (χ1) is 11.1. The third-order valence-electron chi connectivity index (χ3n) is 4.07. The van der Waals surface area contributed by atoms with Crippen LogP contribution in [0.15, 0.2) is 59.7 Å². The maximum atomic E-state index is 13.7. The molecule has 0 aliphatic heterocycles. The summed E-state index contributed by atoms with van der Waals surface area (Å²) < 4.78 is 17.0. The van der Waals surface area contributed by atoms with Gasteiger partial charge in [-0.2, -0.15) is 0 Å². The second kappa shape index (κ2) is 5.05. The summed E-state index contributed by atoms with van der Waals surface area (Å²) >= 11 is 0. The summed E-state index contributed by atoms with van der Waals surface area (Å²) in [7, 11) is 1.67. The Morgan fingerprint density at radius 2 is 1.91 bits per heavy atom. The van der Waals surface area contributed by atoms with Gasteiger partial charge in [-0.1, -0.05) is 30.3 Å². The summed E-state index contributed by atoms with van der Waals surface area (Å²) in [5, 5.41) is 0.661. The van der Waals surface area contributed by atoms with Crippen molar-refractivity contribution < 1.29 is 4.39 Å². The van der Waals surface area contributed by atoms with Gasteiger partial charge in [0.15, 0.2) is 0 Å². The summed E-state index contributed by atoms with van der Waals surface area (Å²) in [6.07, 6.45) is 1.47. The van der Waals surface area contributed by atoms with Gasteiger partial charge < -0.3 is 9.13 Å². The lowest BCUT2D eigenvalue weighted by molar-refractivity contribution is 0.629. The molecular weight excluding hydrogens is 293 g/mol. The topological polar surface area (TPSA) is 39.8 Å². The molecule has 5 heteroatoms. The van der Waals surface area contributed by atoms with Crippen molar-refractivity contribution in [2.75, 3.05) is 0 Å².